The lowest BCUT2D eigenvalue weighted by molar-refractivity contribution is 0.0928. The standard InChI is InChI=1S/C12H16BrClN2O/c1-7(2)11(6-15)16-12(17)9-4-3-8(13)5-10(9)14/h3-5,7,11H,6,15H2,1-2H3,(H,16,17). The van der Waals surface area contributed by atoms with Crippen molar-refractivity contribution in [1.29, 1.82) is 0 Å². The molecule has 1 aromatic carbocycles. The van der Waals surface area contributed by atoms with E-state index in [0.717, 1.165) is 4.47 Å². The van der Waals surface area contributed by atoms with Crippen molar-refractivity contribution < 1.29 is 4.79 Å². The third kappa shape index (κ3) is 3.98. The van der Waals surface area contributed by atoms with Crippen molar-refractivity contribution in [2.24, 2.45) is 11.7 Å². The summed E-state index contributed by atoms with van der Waals surface area (Å²) in [6.45, 7) is 4.44. The lowest BCUT2D eigenvalue weighted by Crippen LogP contribution is -2.43. The van der Waals surface area contributed by atoms with E-state index >= 15 is 0 Å². The van der Waals surface area contributed by atoms with Gasteiger partial charge in [0.05, 0.1) is 10.6 Å². The van der Waals surface area contributed by atoms with Crippen LogP contribution < -0.4 is 11.1 Å². The van der Waals surface area contributed by atoms with Crippen LogP contribution in [0.25, 0.3) is 0 Å². The van der Waals surface area contributed by atoms with Crippen LogP contribution >= 0.6 is 27.5 Å². The number of hydrogen-bond acceptors (Lipinski definition) is 2. The molecule has 0 heterocycles. The number of halogens is 2. The van der Waals surface area contributed by atoms with Gasteiger partial charge >= 0.3 is 0 Å². The van der Waals surface area contributed by atoms with Crippen LogP contribution in [0.2, 0.25) is 5.02 Å². The summed E-state index contributed by atoms with van der Waals surface area (Å²) < 4.78 is 0.846. The smallest absolute Gasteiger partial charge is 0.253 e. The summed E-state index contributed by atoms with van der Waals surface area (Å²) in [5.74, 6) is 0.102. The van der Waals surface area contributed by atoms with Crippen molar-refractivity contribution in [2.45, 2.75) is 19.9 Å². The Morgan fingerprint density at radius 1 is 1.53 bits per heavy atom. The zero-order valence-corrected chi connectivity index (χ0v) is 12.2. The normalized spacial score (nSPS) is 12.6. The Labute approximate surface area is 115 Å². The van der Waals surface area contributed by atoms with Crippen LogP contribution in [0.5, 0.6) is 0 Å². The Morgan fingerprint density at radius 3 is 2.65 bits per heavy atom. The predicted molar refractivity (Wildman–Crippen MR) is 74.3 cm³/mol. The third-order valence-electron chi connectivity index (χ3n) is 2.55. The summed E-state index contributed by atoms with van der Waals surface area (Å²) in [7, 11) is 0. The van der Waals surface area contributed by atoms with E-state index in [2.05, 4.69) is 21.2 Å². The number of benzene rings is 1. The first-order valence-electron chi connectivity index (χ1n) is 5.41. The maximum absolute atomic E-state index is 12.0. The van der Waals surface area contributed by atoms with Gasteiger partial charge in [0.2, 0.25) is 0 Å². The number of hydrogen-bond donors (Lipinski definition) is 2. The molecule has 0 fully saturated rings. The van der Waals surface area contributed by atoms with E-state index in [9.17, 15) is 4.79 Å². The average Bonchev–Trinajstić information content (AvgIpc) is 2.24. The van der Waals surface area contributed by atoms with Crippen molar-refractivity contribution in [2.75, 3.05) is 6.54 Å². The largest absolute Gasteiger partial charge is 0.348 e. The highest BCUT2D eigenvalue weighted by atomic mass is 79.9. The first-order chi connectivity index (χ1) is 7.95. The van der Waals surface area contributed by atoms with Gasteiger partial charge in [-0.05, 0) is 24.1 Å². The average molecular weight is 320 g/mol. The lowest BCUT2D eigenvalue weighted by Gasteiger charge is -2.20. The van der Waals surface area contributed by atoms with E-state index in [1.54, 1.807) is 18.2 Å². The molecule has 1 aromatic rings. The highest BCUT2D eigenvalue weighted by Gasteiger charge is 2.17. The zero-order chi connectivity index (χ0) is 13.0. The molecule has 1 rings (SSSR count). The molecular formula is C12H16BrClN2O. The van der Waals surface area contributed by atoms with Crippen LogP contribution in [-0.2, 0) is 0 Å². The minimum atomic E-state index is -0.188. The number of carbonyl (C=O) groups excluding carboxylic acids is 1. The minimum Gasteiger partial charge on any atom is -0.348 e. The van der Waals surface area contributed by atoms with Crippen LogP contribution in [0.1, 0.15) is 24.2 Å². The van der Waals surface area contributed by atoms with E-state index in [-0.39, 0.29) is 17.9 Å². The zero-order valence-electron chi connectivity index (χ0n) is 9.84. The van der Waals surface area contributed by atoms with Crippen LogP contribution in [-0.4, -0.2) is 18.5 Å². The van der Waals surface area contributed by atoms with Gasteiger partial charge in [0, 0.05) is 17.1 Å². The van der Waals surface area contributed by atoms with Crippen molar-refractivity contribution >= 4 is 33.4 Å². The molecule has 0 spiro atoms. The highest BCUT2D eigenvalue weighted by molar-refractivity contribution is 9.10. The monoisotopic (exact) mass is 318 g/mol. The van der Waals surface area contributed by atoms with E-state index < -0.39 is 0 Å². The van der Waals surface area contributed by atoms with Gasteiger partial charge < -0.3 is 11.1 Å². The molecule has 5 heteroatoms. The maximum Gasteiger partial charge on any atom is 0.253 e. The van der Waals surface area contributed by atoms with Gasteiger partial charge in [-0.3, -0.25) is 4.79 Å². The van der Waals surface area contributed by atoms with E-state index in [4.69, 9.17) is 17.3 Å². The topological polar surface area (TPSA) is 55.1 Å². The van der Waals surface area contributed by atoms with Gasteiger partial charge in [0.25, 0.3) is 5.91 Å². The molecule has 1 amide bonds. The molecular weight excluding hydrogens is 304 g/mol. The van der Waals surface area contributed by atoms with Crippen molar-refractivity contribution in [3.05, 3.63) is 33.3 Å². The van der Waals surface area contributed by atoms with Gasteiger partial charge in [-0.1, -0.05) is 41.4 Å². The van der Waals surface area contributed by atoms with Crippen LogP contribution in [0.4, 0.5) is 0 Å². The van der Waals surface area contributed by atoms with Gasteiger partial charge in [-0.25, -0.2) is 0 Å². The highest BCUT2D eigenvalue weighted by Crippen LogP contribution is 2.21. The Kier molecular flexibility index (Phi) is 5.43. The van der Waals surface area contributed by atoms with Gasteiger partial charge in [0.15, 0.2) is 0 Å². The van der Waals surface area contributed by atoms with Crippen molar-refractivity contribution in [1.82, 2.24) is 5.32 Å². The molecule has 0 aromatic heterocycles. The number of rotatable bonds is 4. The van der Waals surface area contributed by atoms with Crippen LogP contribution in [0.15, 0.2) is 22.7 Å². The summed E-state index contributed by atoms with van der Waals surface area (Å²) in [6.07, 6.45) is 0. The summed E-state index contributed by atoms with van der Waals surface area (Å²) in [4.78, 5) is 12.0. The summed E-state index contributed by atoms with van der Waals surface area (Å²) in [5, 5.41) is 3.31. The first-order valence-corrected chi connectivity index (χ1v) is 6.58. The Balaban J connectivity index is 2.82. The maximum atomic E-state index is 12.0. The molecule has 3 N–H and O–H groups in total. The Bertz CT molecular complexity index is 409. The number of carbonyl (C=O) groups is 1. The van der Waals surface area contributed by atoms with E-state index in [0.29, 0.717) is 17.1 Å². The molecule has 0 bridgehead atoms. The summed E-state index contributed by atoms with van der Waals surface area (Å²) >= 11 is 9.31. The lowest BCUT2D eigenvalue weighted by atomic mass is 10.0. The Hall–Kier alpha value is -0.580. The molecule has 1 unspecified atom stereocenters. The third-order valence-corrected chi connectivity index (χ3v) is 3.36. The van der Waals surface area contributed by atoms with Crippen LogP contribution in [0.3, 0.4) is 0 Å². The molecule has 0 saturated carbocycles. The van der Waals surface area contributed by atoms with Crippen molar-refractivity contribution in [3.8, 4) is 0 Å². The second-order valence-electron chi connectivity index (χ2n) is 4.18. The van der Waals surface area contributed by atoms with Gasteiger partial charge in [-0.15, -0.1) is 0 Å². The van der Waals surface area contributed by atoms with Crippen molar-refractivity contribution in [3.63, 3.8) is 0 Å². The fourth-order valence-corrected chi connectivity index (χ4v) is 2.18. The second kappa shape index (κ2) is 6.38. The van der Waals surface area contributed by atoms with Crippen LogP contribution in [0, 0.1) is 5.92 Å². The summed E-state index contributed by atoms with van der Waals surface area (Å²) in [5.41, 5.74) is 6.07. The minimum absolute atomic E-state index is 0.0396. The quantitative estimate of drug-likeness (QED) is 0.896. The SMILES string of the molecule is CC(C)C(CN)NC(=O)c1ccc(Br)cc1Cl. The van der Waals surface area contributed by atoms with E-state index in [1.165, 1.54) is 0 Å². The molecule has 17 heavy (non-hydrogen) atoms. The fourth-order valence-electron chi connectivity index (χ4n) is 1.42. The molecule has 0 aliphatic heterocycles. The summed E-state index contributed by atoms with van der Waals surface area (Å²) in [6, 6.07) is 5.13. The van der Waals surface area contributed by atoms with Gasteiger partial charge in [-0.2, -0.15) is 0 Å². The molecule has 0 aliphatic rings. The molecule has 94 valence electrons. The molecule has 0 radical (unpaired) electrons. The number of nitrogens with two attached hydrogens (primary N) is 1. The molecule has 1 atom stereocenters. The molecule has 3 nitrogen and oxygen atoms in total. The Morgan fingerprint density at radius 2 is 2.18 bits per heavy atom. The number of amides is 1. The predicted octanol–water partition coefficient (Wildman–Crippen LogP) is 2.82. The van der Waals surface area contributed by atoms with E-state index in [1.807, 2.05) is 13.8 Å². The second-order valence-corrected chi connectivity index (χ2v) is 5.51. The number of nitrogens with one attached hydrogen (secondary N) is 1. The molecule has 0 aliphatic carbocycles. The molecule has 0 saturated heterocycles. The first kappa shape index (κ1) is 14.5. The fraction of sp³-hybridized carbons (Fsp3) is 0.417. The van der Waals surface area contributed by atoms with Gasteiger partial charge in [0.1, 0.15) is 0 Å².